The number of likely N-dealkylation sites (N-methyl/N-ethyl adjacent to an activating group) is 1. The second-order valence-electron chi connectivity index (χ2n) is 27.3. The molecule has 0 saturated heterocycles. The summed E-state index contributed by atoms with van der Waals surface area (Å²) in [5, 5.41) is 0. The number of quaternary nitrogens is 1. The summed E-state index contributed by atoms with van der Waals surface area (Å²) in [5.41, 5.74) is 0. The van der Waals surface area contributed by atoms with E-state index in [1.807, 2.05) is 21.1 Å². The number of hydrogen-bond donors (Lipinski definition) is 0. The Morgan fingerprint density at radius 3 is 0.800 bits per heavy atom. The fraction of sp³-hybridized carbons (Fsp3) is 0.622. The molecule has 2 atom stereocenters. The third-order valence-electron chi connectivity index (χ3n) is 16.6. The van der Waals surface area contributed by atoms with Crippen molar-refractivity contribution in [3.63, 3.8) is 0 Å². The molecule has 0 aliphatic rings. The molecule has 9 nitrogen and oxygen atoms in total. The molecule has 566 valence electrons. The Bertz CT molecular complexity index is 2400. The van der Waals surface area contributed by atoms with E-state index in [1.165, 1.54) is 128 Å². The first kappa shape index (κ1) is 94.8. The average molecular weight is 1400 g/mol. The topological polar surface area (TPSA) is 111 Å². The number of carbonyl (C=O) groups is 2. The van der Waals surface area contributed by atoms with E-state index in [2.05, 4.69) is 208 Å². The number of hydrogen-bond acceptors (Lipinski definition) is 8. The highest BCUT2D eigenvalue weighted by Gasteiger charge is 2.22. The van der Waals surface area contributed by atoms with Gasteiger partial charge in [0, 0.05) is 12.8 Å². The molecule has 0 saturated carbocycles. The van der Waals surface area contributed by atoms with Gasteiger partial charge in [-0.3, -0.25) is 14.2 Å². The monoisotopic (exact) mass is 1400 g/mol. The maximum Gasteiger partial charge on any atom is 0.306 e. The van der Waals surface area contributed by atoms with Gasteiger partial charge in [-0.1, -0.05) is 350 Å². The molecule has 0 N–H and O–H groups in total. The van der Waals surface area contributed by atoms with Crippen LogP contribution in [-0.4, -0.2) is 70.0 Å². The highest BCUT2D eigenvalue weighted by molar-refractivity contribution is 7.45. The van der Waals surface area contributed by atoms with Gasteiger partial charge in [0.1, 0.15) is 19.8 Å². The molecule has 0 radical (unpaired) electrons. The number of ether oxygens (including phenoxy) is 2. The lowest BCUT2D eigenvalue weighted by Crippen LogP contribution is -2.37. The summed E-state index contributed by atoms with van der Waals surface area (Å²) in [6.07, 6.45) is 121. The van der Waals surface area contributed by atoms with Crippen LogP contribution in [0, 0.1) is 0 Å². The highest BCUT2D eigenvalue weighted by atomic mass is 31.2. The lowest BCUT2D eigenvalue weighted by atomic mass is 10.0. The molecule has 0 aromatic rings. The van der Waals surface area contributed by atoms with Crippen LogP contribution >= 0.6 is 7.82 Å². The van der Waals surface area contributed by atoms with Gasteiger partial charge in [-0.25, -0.2) is 0 Å². The molecule has 0 aliphatic heterocycles. The summed E-state index contributed by atoms with van der Waals surface area (Å²) in [5.74, 6) is -0.865. The first-order chi connectivity index (χ1) is 49.0. The second kappa shape index (κ2) is 78.0. The molecule has 0 rings (SSSR count). The summed E-state index contributed by atoms with van der Waals surface area (Å²) in [4.78, 5) is 38.2. The molecular weight excluding hydrogens is 1250 g/mol. The third kappa shape index (κ3) is 81.8. The van der Waals surface area contributed by atoms with Crippen molar-refractivity contribution in [1.82, 2.24) is 0 Å². The van der Waals surface area contributed by atoms with E-state index in [1.54, 1.807) is 0 Å². The van der Waals surface area contributed by atoms with Gasteiger partial charge in [-0.15, -0.1) is 0 Å². The maximum absolute atomic E-state index is 12.9. The molecule has 0 heterocycles. The Labute approximate surface area is 615 Å². The molecular formula is C90H148NO8P. The SMILES string of the molecule is CC/C=C\C/C=C\C/C=C\C/C=C\C/C=C\C/C=C\C/C=C\C/C=C\C/C=C\C/C=C\C/C=C\C/C=C\CCCCCCC(=O)OC(COC(=O)CCCCCCCCCCCCCCCCCCCCCCCC/C=C\C/C=C\C/C=C\C/C=C\CC)COP(=O)([O-])OCC[N+](C)(C)C. The Hall–Kier alpha value is -5.15. The minimum atomic E-state index is -4.67. The summed E-state index contributed by atoms with van der Waals surface area (Å²) >= 11 is 0. The number of nitrogens with zero attached hydrogens (tertiary/aromatic N) is 1. The zero-order valence-electron chi connectivity index (χ0n) is 64.6. The van der Waals surface area contributed by atoms with E-state index in [0.717, 1.165) is 148 Å². The molecule has 10 heteroatoms. The average Bonchev–Trinajstić information content (AvgIpc) is 1.30. The van der Waals surface area contributed by atoms with Crippen molar-refractivity contribution < 1.29 is 42.1 Å². The largest absolute Gasteiger partial charge is 0.756 e. The number of esters is 2. The van der Waals surface area contributed by atoms with Crippen LogP contribution in [0.1, 0.15) is 309 Å². The normalized spacial score (nSPS) is 14.1. The fourth-order valence-electron chi connectivity index (χ4n) is 10.6. The van der Waals surface area contributed by atoms with E-state index in [9.17, 15) is 19.0 Å². The standard InChI is InChI=1S/C90H148NO8P/c1-6-8-10-12-14-16-18-20-22-24-26-28-30-32-34-36-38-40-42-43-44-45-46-47-49-51-53-55-57-59-61-63-65-67-69-71-73-75-77-79-81-83-90(93)99-88(87-98-100(94,95)97-85-84-91(3,4)5)86-96-89(92)82-80-78-76-74-72-70-68-66-64-62-60-58-56-54-52-50-48-41-39-37-35-33-31-29-27-25-23-21-19-17-15-13-11-9-7-2/h8-11,14-17,20-23,26-29,32,34,38,40,43-44,46-47,51,53,57,59,63,65,69,71,88H,6-7,12-13,18-19,24-25,30-31,33,35-37,39,41-42,45,48-50,52,54-56,58,60-62,64,66-68,70,72-87H2,1-5H3/b10-8-,11-9-,16-14-,17-15-,22-20-,23-21-,28-26-,29-27-,34-32-,40-38-,44-43-,47-46-,53-51-,59-57-,65-63-,71-69-. The van der Waals surface area contributed by atoms with Crippen LogP contribution < -0.4 is 4.89 Å². The van der Waals surface area contributed by atoms with E-state index < -0.39 is 32.5 Å². The van der Waals surface area contributed by atoms with Crippen molar-refractivity contribution in [1.29, 1.82) is 0 Å². The van der Waals surface area contributed by atoms with Gasteiger partial charge in [0.2, 0.25) is 0 Å². The van der Waals surface area contributed by atoms with Gasteiger partial charge in [0.05, 0.1) is 27.7 Å². The number of allylic oxidation sites excluding steroid dienone is 32. The molecule has 0 fully saturated rings. The lowest BCUT2D eigenvalue weighted by Gasteiger charge is -2.28. The molecule has 0 bridgehead atoms. The first-order valence-electron chi connectivity index (χ1n) is 40.1. The van der Waals surface area contributed by atoms with Gasteiger partial charge in [0.15, 0.2) is 6.10 Å². The number of rotatable bonds is 72. The lowest BCUT2D eigenvalue weighted by molar-refractivity contribution is -0.870. The number of carbonyl (C=O) groups excluding carboxylic acids is 2. The first-order valence-corrected chi connectivity index (χ1v) is 41.6. The smallest absolute Gasteiger partial charge is 0.306 e. The summed E-state index contributed by atoms with van der Waals surface area (Å²) in [6, 6.07) is 0. The fourth-order valence-corrected chi connectivity index (χ4v) is 11.3. The van der Waals surface area contributed by atoms with Gasteiger partial charge in [-0.05, 0) is 141 Å². The molecule has 0 aromatic carbocycles. The van der Waals surface area contributed by atoms with Crippen LogP contribution in [0.2, 0.25) is 0 Å². The second-order valence-corrected chi connectivity index (χ2v) is 28.7. The van der Waals surface area contributed by atoms with Crippen LogP contribution in [0.4, 0.5) is 0 Å². The van der Waals surface area contributed by atoms with Crippen LogP contribution in [0.15, 0.2) is 194 Å². The quantitative estimate of drug-likeness (QED) is 0.0195. The summed E-state index contributed by atoms with van der Waals surface area (Å²) < 4.78 is 34.4. The zero-order chi connectivity index (χ0) is 72.5. The van der Waals surface area contributed by atoms with Crippen LogP contribution in [0.25, 0.3) is 0 Å². The summed E-state index contributed by atoms with van der Waals surface area (Å²) in [7, 11) is 1.13. The molecule has 0 aliphatic carbocycles. The maximum atomic E-state index is 12.9. The molecule has 0 aromatic heterocycles. The Balaban J connectivity index is 4.09. The van der Waals surface area contributed by atoms with Gasteiger partial charge < -0.3 is 27.9 Å². The van der Waals surface area contributed by atoms with Crippen LogP contribution in [0.3, 0.4) is 0 Å². The van der Waals surface area contributed by atoms with Crippen molar-refractivity contribution >= 4 is 19.8 Å². The van der Waals surface area contributed by atoms with Gasteiger partial charge in [-0.2, -0.15) is 0 Å². The highest BCUT2D eigenvalue weighted by Crippen LogP contribution is 2.38. The molecule has 2 unspecified atom stereocenters. The molecule has 100 heavy (non-hydrogen) atoms. The number of phosphoric acid groups is 1. The minimum Gasteiger partial charge on any atom is -0.756 e. The number of phosphoric ester groups is 1. The van der Waals surface area contributed by atoms with Crippen molar-refractivity contribution in [2.24, 2.45) is 0 Å². The van der Waals surface area contributed by atoms with E-state index in [4.69, 9.17) is 18.5 Å². The van der Waals surface area contributed by atoms with Gasteiger partial charge in [0.25, 0.3) is 7.82 Å². The van der Waals surface area contributed by atoms with E-state index >= 15 is 0 Å². The minimum absolute atomic E-state index is 0.0443. The Morgan fingerprint density at radius 1 is 0.310 bits per heavy atom. The molecule has 0 spiro atoms. The van der Waals surface area contributed by atoms with E-state index in [-0.39, 0.29) is 26.1 Å². The third-order valence-corrected chi connectivity index (χ3v) is 17.6. The van der Waals surface area contributed by atoms with Crippen molar-refractivity contribution in [2.45, 2.75) is 315 Å². The van der Waals surface area contributed by atoms with E-state index in [0.29, 0.717) is 17.4 Å². The van der Waals surface area contributed by atoms with Gasteiger partial charge >= 0.3 is 11.9 Å². The predicted octanol–water partition coefficient (Wildman–Crippen LogP) is 26.5. The zero-order valence-corrected chi connectivity index (χ0v) is 65.5. The van der Waals surface area contributed by atoms with Crippen molar-refractivity contribution in [2.75, 3.05) is 47.5 Å². The van der Waals surface area contributed by atoms with Crippen LogP contribution in [0.5, 0.6) is 0 Å². The Kier molecular flexibility index (Phi) is 74.0. The number of unbranched alkanes of at least 4 members (excludes halogenated alkanes) is 26. The summed E-state index contributed by atoms with van der Waals surface area (Å²) in [6.45, 7) is 3.99. The van der Waals surface area contributed by atoms with Crippen LogP contribution in [-0.2, 0) is 32.7 Å². The van der Waals surface area contributed by atoms with Crippen molar-refractivity contribution in [3.8, 4) is 0 Å². The molecule has 0 amide bonds. The predicted molar refractivity (Wildman–Crippen MR) is 433 cm³/mol. The Morgan fingerprint density at radius 2 is 0.540 bits per heavy atom. The van der Waals surface area contributed by atoms with Crippen molar-refractivity contribution in [3.05, 3.63) is 194 Å².